The molecule has 2 aliphatic rings. The van der Waals surface area contributed by atoms with Crippen molar-refractivity contribution in [3.05, 3.63) is 51.9 Å². The van der Waals surface area contributed by atoms with Crippen LogP contribution >= 0.6 is 35.1 Å². The number of aromatic nitrogens is 3. The maximum Gasteiger partial charge on any atom is 0.353 e. The van der Waals surface area contributed by atoms with Gasteiger partial charge in [-0.2, -0.15) is 9.36 Å². The van der Waals surface area contributed by atoms with Crippen molar-refractivity contribution in [3.63, 3.8) is 0 Å². The van der Waals surface area contributed by atoms with Gasteiger partial charge in [-0.05, 0) is 23.1 Å². The molecule has 0 spiro atoms. The number of anilines is 1. The van der Waals surface area contributed by atoms with Gasteiger partial charge in [-0.1, -0.05) is 28.9 Å². The molecule has 15 heteroatoms. The molecule has 3 unspecified atom stereocenters. The number of terminal acetylenes is 1. The highest BCUT2D eigenvalue weighted by Gasteiger charge is 2.54. The number of carbonyl (C=O) groups excluding carboxylic acids is 2. The highest BCUT2D eigenvalue weighted by atomic mass is 32.2. The van der Waals surface area contributed by atoms with Crippen LogP contribution in [-0.2, 0) is 19.2 Å². The zero-order valence-electron chi connectivity index (χ0n) is 18.2. The van der Waals surface area contributed by atoms with Gasteiger partial charge in [-0.25, -0.2) is 4.79 Å². The molecule has 2 aliphatic heterocycles. The summed E-state index contributed by atoms with van der Waals surface area (Å²) < 4.78 is 3.92. The maximum atomic E-state index is 12.7. The summed E-state index contributed by atoms with van der Waals surface area (Å²) in [5.41, 5.74) is 6.27. The monoisotopic (exact) mass is 543 g/mol. The number of β-lactam (4-membered cyclic amide) rings is 1. The predicted molar refractivity (Wildman–Crippen MR) is 136 cm³/mol. The molecule has 0 aromatic carbocycles. The second kappa shape index (κ2) is 11.2. The number of carboxylic acid groups (broad SMARTS) is 1. The van der Waals surface area contributed by atoms with E-state index < -0.39 is 35.3 Å². The summed E-state index contributed by atoms with van der Waals surface area (Å²) in [6.45, 7) is 0. The standard InChI is InChI=1S/C21H17N7O5S3/c1-2-12(17-26-21(22)36-27-17)33-24-9-14(29)25-15-18(30)28-16(20(31)32)13(10-35-19(15)28)34-7-5-11-4-3-6-23-8-11/h1,3-9,12,15,19H,10H2,(H,25,29)(H,31,32)(H2,22,26,27)/b7-5-,24-9+. The number of carboxylic acids is 1. The molecule has 2 aromatic heterocycles. The Balaban J connectivity index is 1.36. The Kier molecular flexibility index (Phi) is 7.88. The first-order chi connectivity index (χ1) is 17.4. The summed E-state index contributed by atoms with van der Waals surface area (Å²) in [6, 6.07) is 2.74. The minimum Gasteiger partial charge on any atom is -0.477 e. The van der Waals surface area contributed by atoms with Gasteiger partial charge in [0.15, 0.2) is 5.13 Å². The second-order valence-electron chi connectivity index (χ2n) is 7.06. The molecule has 2 aromatic rings. The van der Waals surface area contributed by atoms with Crippen molar-refractivity contribution in [2.45, 2.75) is 17.5 Å². The minimum absolute atomic E-state index is 0.0982. The molecule has 36 heavy (non-hydrogen) atoms. The van der Waals surface area contributed by atoms with E-state index >= 15 is 0 Å². The van der Waals surface area contributed by atoms with E-state index in [0.717, 1.165) is 23.3 Å². The molecule has 1 fully saturated rings. The SMILES string of the molecule is C#CC(O/N=C/C(=O)NC1C(=O)N2C(C(=O)O)=C(S/C=C\c3cccnc3)CSC12)c1nsc(N)n1. The molecule has 2 amide bonds. The van der Waals surface area contributed by atoms with Crippen LogP contribution in [0.4, 0.5) is 5.13 Å². The molecule has 12 nitrogen and oxygen atoms in total. The number of hydrogen-bond acceptors (Lipinski definition) is 12. The maximum absolute atomic E-state index is 12.7. The molecule has 4 N–H and O–H groups in total. The van der Waals surface area contributed by atoms with Gasteiger partial charge >= 0.3 is 5.97 Å². The number of hydrogen-bond donors (Lipinski definition) is 3. The number of amides is 2. The van der Waals surface area contributed by atoms with Crippen LogP contribution < -0.4 is 11.1 Å². The van der Waals surface area contributed by atoms with E-state index in [-0.39, 0.29) is 16.7 Å². The van der Waals surface area contributed by atoms with E-state index in [1.165, 1.54) is 28.4 Å². The van der Waals surface area contributed by atoms with Gasteiger partial charge in [-0.15, -0.1) is 18.2 Å². The predicted octanol–water partition coefficient (Wildman–Crippen LogP) is 1.29. The van der Waals surface area contributed by atoms with Crippen molar-refractivity contribution in [1.82, 2.24) is 24.6 Å². The third-order valence-corrected chi connectivity index (χ3v) is 7.68. The van der Waals surface area contributed by atoms with Crippen molar-refractivity contribution >= 4 is 70.3 Å². The fourth-order valence-electron chi connectivity index (χ4n) is 3.19. The topological polar surface area (TPSA) is 173 Å². The normalized spacial score (nSPS) is 20.1. The first-order valence-corrected chi connectivity index (χ1v) is 12.8. The van der Waals surface area contributed by atoms with Crippen molar-refractivity contribution in [3.8, 4) is 12.3 Å². The zero-order chi connectivity index (χ0) is 25.7. The Bertz CT molecular complexity index is 1300. The number of nitrogens with two attached hydrogens (primary N) is 1. The molecule has 0 radical (unpaired) electrons. The van der Waals surface area contributed by atoms with Gasteiger partial charge in [0, 0.05) is 34.6 Å². The molecule has 4 rings (SSSR count). The summed E-state index contributed by atoms with van der Waals surface area (Å²) in [4.78, 5) is 51.6. The zero-order valence-corrected chi connectivity index (χ0v) is 20.6. The Hall–Kier alpha value is -3.87. The molecule has 0 saturated carbocycles. The van der Waals surface area contributed by atoms with Gasteiger partial charge in [0.1, 0.15) is 23.3 Å². The smallest absolute Gasteiger partial charge is 0.353 e. The summed E-state index contributed by atoms with van der Waals surface area (Å²) >= 11 is 3.50. The first-order valence-electron chi connectivity index (χ1n) is 10.1. The van der Waals surface area contributed by atoms with E-state index in [2.05, 4.69) is 30.7 Å². The number of pyridine rings is 1. The van der Waals surface area contributed by atoms with Gasteiger partial charge in [0.05, 0.1) is 0 Å². The third-order valence-electron chi connectivity index (χ3n) is 4.77. The summed E-state index contributed by atoms with van der Waals surface area (Å²) in [6.07, 6.45) is 10.3. The van der Waals surface area contributed by atoms with Crippen LogP contribution in [0.25, 0.3) is 6.08 Å². The molecule has 3 atom stereocenters. The molecule has 0 bridgehead atoms. The lowest BCUT2D eigenvalue weighted by molar-refractivity contribution is -0.150. The summed E-state index contributed by atoms with van der Waals surface area (Å²) in [5, 5.41) is 17.2. The Labute approximate surface area is 217 Å². The van der Waals surface area contributed by atoms with Gasteiger partial charge in [-0.3, -0.25) is 19.5 Å². The van der Waals surface area contributed by atoms with Gasteiger partial charge < -0.3 is 21.0 Å². The van der Waals surface area contributed by atoms with Crippen LogP contribution in [0.3, 0.4) is 0 Å². The van der Waals surface area contributed by atoms with Crippen LogP contribution in [-0.4, -0.2) is 65.5 Å². The number of nitrogen functional groups attached to an aromatic ring is 1. The van der Waals surface area contributed by atoms with E-state index in [9.17, 15) is 19.5 Å². The first kappa shape index (κ1) is 25.2. The second-order valence-corrected chi connectivity index (χ2v) is 9.95. The highest BCUT2D eigenvalue weighted by Crippen LogP contribution is 2.43. The van der Waals surface area contributed by atoms with E-state index in [0.29, 0.717) is 10.7 Å². The van der Waals surface area contributed by atoms with E-state index in [4.69, 9.17) is 17.0 Å². The number of fused-ring (bicyclic) bond motifs is 1. The Morgan fingerprint density at radius 2 is 2.33 bits per heavy atom. The summed E-state index contributed by atoms with van der Waals surface area (Å²) in [5.74, 6) is 0.304. The van der Waals surface area contributed by atoms with Crippen LogP contribution in [0.2, 0.25) is 0 Å². The van der Waals surface area contributed by atoms with Gasteiger partial charge in [0.25, 0.3) is 11.8 Å². The van der Waals surface area contributed by atoms with Crippen LogP contribution in [0, 0.1) is 12.3 Å². The number of carbonyl (C=O) groups is 3. The molecule has 0 aliphatic carbocycles. The average Bonchev–Trinajstić information content (AvgIpc) is 3.31. The van der Waals surface area contributed by atoms with E-state index in [1.54, 1.807) is 29.9 Å². The lowest BCUT2D eigenvalue weighted by atomic mass is 10.1. The quantitative estimate of drug-likeness (QED) is 0.180. The van der Waals surface area contributed by atoms with Crippen molar-refractivity contribution in [2.75, 3.05) is 11.5 Å². The number of rotatable bonds is 9. The van der Waals surface area contributed by atoms with Crippen LogP contribution in [0.1, 0.15) is 17.5 Å². The Morgan fingerprint density at radius 1 is 1.50 bits per heavy atom. The van der Waals surface area contributed by atoms with Crippen molar-refractivity contribution in [2.24, 2.45) is 5.16 Å². The fraction of sp³-hybridized carbons (Fsp3) is 0.190. The lowest BCUT2D eigenvalue weighted by Gasteiger charge is -2.49. The summed E-state index contributed by atoms with van der Waals surface area (Å²) in [7, 11) is 0. The molecular weight excluding hydrogens is 526 g/mol. The minimum atomic E-state index is -1.22. The largest absolute Gasteiger partial charge is 0.477 e. The molecular formula is C21H17N7O5S3. The molecule has 1 saturated heterocycles. The average molecular weight is 544 g/mol. The fourth-order valence-corrected chi connectivity index (χ4v) is 6.00. The molecule has 184 valence electrons. The van der Waals surface area contributed by atoms with Crippen molar-refractivity contribution in [1.29, 1.82) is 0 Å². The van der Waals surface area contributed by atoms with Crippen molar-refractivity contribution < 1.29 is 24.3 Å². The lowest BCUT2D eigenvalue weighted by Crippen LogP contribution is -2.70. The van der Waals surface area contributed by atoms with E-state index in [1.807, 2.05) is 6.07 Å². The number of nitrogens with one attached hydrogen (secondary N) is 1. The Morgan fingerprint density at radius 3 is 3.00 bits per heavy atom. The van der Waals surface area contributed by atoms with Crippen LogP contribution in [0.5, 0.6) is 0 Å². The third kappa shape index (κ3) is 5.51. The van der Waals surface area contributed by atoms with Crippen LogP contribution in [0.15, 0.2) is 45.7 Å². The van der Waals surface area contributed by atoms with Gasteiger partial charge in [0.2, 0.25) is 11.9 Å². The number of nitrogens with zero attached hydrogens (tertiary/aromatic N) is 5. The number of thioether (sulfide) groups is 2. The molecule has 4 heterocycles. The number of aliphatic carboxylic acids is 1. The highest BCUT2D eigenvalue weighted by molar-refractivity contribution is 8.08. The number of oxime groups is 1.